The molecule has 0 unspecified atom stereocenters. The van der Waals surface area contributed by atoms with E-state index in [1.165, 1.54) is 11.3 Å². The second-order valence-electron chi connectivity index (χ2n) is 6.88. The molecule has 1 aliphatic rings. The summed E-state index contributed by atoms with van der Waals surface area (Å²) in [6.45, 7) is 3.08. The van der Waals surface area contributed by atoms with Gasteiger partial charge >= 0.3 is 0 Å². The zero-order valence-corrected chi connectivity index (χ0v) is 16.2. The summed E-state index contributed by atoms with van der Waals surface area (Å²) < 4.78 is 5.40. The Bertz CT molecular complexity index is 765. The van der Waals surface area contributed by atoms with Crippen molar-refractivity contribution in [2.24, 2.45) is 5.41 Å². The number of carbonyl (C=O) groups is 2. The number of ether oxygens (including phenoxy) is 1. The van der Waals surface area contributed by atoms with E-state index in [1.54, 1.807) is 37.4 Å². The molecule has 0 bridgehead atoms. The summed E-state index contributed by atoms with van der Waals surface area (Å²) in [6, 6.07) is 10.6. The van der Waals surface area contributed by atoms with Gasteiger partial charge in [0.1, 0.15) is 0 Å². The number of methoxy groups -OCH3 is 1. The van der Waals surface area contributed by atoms with Crippen LogP contribution in [0, 0.1) is 5.41 Å². The molecule has 1 aliphatic heterocycles. The van der Waals surface area contributed by atoms with Gasteiger partial charge in [-0.2, -0.15) is 0 Å². The molecule has 0 spiro atoms. The van der Waals surface area contributed by atoms with Gasteiger partial charge in [-0.25, -0.2) is 0 Å². The van der Waals surface area contributed by atoms with Crippen molar-refractivity contribution in [2.45, 2.75) is 12.8 Å². The Balaban J connectivity index is 1.62. The first-order valence-electron chi connectivity index (χ1n) is 9.05. The van der Waals surface area contributed by atoms with Crippen LogP contribution in [0.3, 0.4) is 0 Å². The van der Waals surface area contributed by atoms with Crippen LogP contribution in [0.4, 0.5) is 5.69 Å². The number of amides is 2. The minimum atomic E-state index is -0.170. The molecule has 2 aromatic rings. The minimum absolute atomic E-state index is 0.0271. The molecule has 1 aromatic carbocycles. The predicted octanol–water partition coefficient (Wildman–Crippen LogP) is 2.75. The number of hydrogen-bond acceptors (Lipinski definition) is 5. The smallest absolute Gasteiger partial charge is 0.265 e. The van der Waals surface area contributed by atoms with Crippen LogP contribution in [0.15, 0.2) is 41.8 Å². The van der Waals surface area contributed by atoms with E-state index in [0.29, 0.717) is 29.3 Å². The molecule has 27 heavy (non-hydrogen) atoms. The molecule has 7 heteroatoms. The third-order valence-electron chi connectivity index (χ3n) is 4.87. The second-order valence-corrected chi connectivity index (χ2v) is 7.83. The van der Waals surface area contributed by atoms with Crippen molar-refractivity contribution in [3.05, 3.63) is 52.2 Å². The third-order valence-corrected chi connectivity index (χ3v) is 5.73. The van der Waals surface area contributed by atoms with Gasteiger partial charge in [0, 0.05) is 30.3 Å². The quantitative estimate of drug-likeness (QED) is 0.683. The molecule has 3 N–H and O–H groups in total. The van der Waals surface area contributed by atoms with E-state index >= 15 is 0 Å². The van der Waals surface area contributed by atoms with Crippen LogP contribution >= 0.6 is 11.3 Å². The molecule has 3 rings (SSSR count). The summed E-state index contributed by atoms with van der Waals surface area (Å²) in [5.41, 5.74) is 1.11. The number of thiophene rings is 1. The molecule has 2 amide bonds. The van der Waals surface area contributed by atoms with E-state index in [1.807, 2.05) is 11.4 Å². The van der Waals surface area contributed by atoms with Crippen molar-refractivity contribution in [1.29, 1.82) is 0 Å². The Morgan fingerprint density at radius 2 is 2.00 bits per heavy atom. The summed E-state index contributed by atoms with van der Waals surface area (Å²) >= 11 is 1.38. The molecule has 1 saturated heterocycles. The van der Waals surface area contributed by atoms with Crippen LogP contribution in [-0.2, 0) is 4.74 Å². The minimum Gasteiger partial charge on any atom is -0.384 e. The van der Waals surface area contributed by atoms with Crippen molar-refractivity contribution < 1.29 is 14.3 Å². The molecule has 0 atom stereocenters. The van der Waals surface area contributed by atoms with Crippen LogP contribution in [-0.4, -0.2) is 45.2 Å². The van der Waals surface area contributed by atoms with Gasteiger partial charge in [-0.1, -0.05) is 12.1 Å². The van der Waals surface area contributed by atoms with Gasteiger partial charge in [-0.3, -0.25) is 9.59 Å². The topological polar surface area (TPSA) is 79.5 Å². The standard InChI is InChI=1S/C20H25N3O3S/c1-26-14-20(7-9-21-10-8-20)13-22-18(24)15-4-2-5-16(12-15)23-19(25)17-6-3-11-27-17/h2-6,11-12,21H,7-10,13-14H2,1H3,(H,22,24)(H,23,25). The Morgan fingerprint density at radius 1 is 1.19 bits per heavy atom. The summed E-state index contributed by atoms with van der Waals surface area (Å²) in [4.78, 5) is 25.4. The maximum atomic E-state index is 12.6. The number of anilines is 1. The van der Waals surface area contributed by atoms with Crippen LogP contribution in [0.5, 0.6) is 0 Å². The van der Waals surface area contributed by atoms with Gasteiger partial charge in [-0.15, -0.1) is 11.3 Å². The van der Waals surface area contributed by atoms with Crippen molar-refractivity contribution in [2.75, 3.05) is 38.7 Å². The second kappa shape index (κ2) is 9.12. The van der Waals surface area contributed by atoms with Crippen LogP contribution < -0.4 is 16.0 Å². The number of nitrogens with one attached hydrogen (secondary N) is 3. The molecule has 6 nitrogen and oxygen atoms in total. The highest BCUT2D eigenvalue weighted by molar-refractivity contribution is 7.12. The van der Waals surface area contributed by atoms with E-state index < -0.39 is 0 Å². The van der Waals surface area contributed by atoms with Crippen molar-refractivity contribution in [3.8, 4) is 0 Å². The van der Waals surface area contributed by atoms with Crippen molar-refractivity contribution in [3.63, 3.8) is 0 Å². The molecule has 0 aliphatic carbocycles. The fourth-order valence-electron chi connectivity index (χ4n) is 3.34. The predicted molar refractivity (Wildman–Crippen MR) is 107 cm³/mol. The zero-order chi connectivity index (χ0) is 19.1. The summed E-state index contributed by atoms with van der Waals surface area (Å²) in [5.74, 6) is -0.312. The number of benzene rings is 1. The van der Waals surface area contributed by atoms with Gasteiger partial charge in [0.2, 0.25) is 0 Å². The monoisotopic (exact) mass is 387 g/mol. The first kappa shape index (κ1) is 19.5. The lowest BCUT2D eigenvalue weighted by atomic mass is 9.79. The highest BCUT2D eigenvalue weighted by atomic mass is 32.1. The first-order chi connectivity index (χ1) is 13.1. The SMILES string of the molecule is COCC1(CNC(=O)c2cccc(NC(=O)c3cccs3)c2)CCNCC1. The number of piperidine rings is 1. The summed E-state index contributed by atoms with van der Waals surface area (Å²) in [7, 11) is 1.70. The summed E-state index contributed by atoms with van der Waals surface area (Å²) in [5, 5.41) is 11.1. The average Bonchev–Trinajstić information content (AvgIpc) is 3.22. The van der Waals surface area contributed by atoms with Gasteiger partial charge in [-0.05, 0) is 55.6 Å². The Kier molecular flexibility index (Phi) is 6.60. The zero-order valence-electron chi connectivity index (χ0n) is 15.4. The average molecular weight is 388 g/mol. The van der Waals surface area contributed by atoms with Crippen LogP contribution in [0.2, 0.25) is 0 Å². The van der Waals surface area contributed by atoms with Crippen molar-refractivity contribution >= 4 is 28.8 Å². The third kappa shape index (κ3) is 5.15. The molecule has 0 radical (unpaired) electrons. The number of carbonyl (C=O) groups excluding carboxylic acids is 2. The Labute approximate surface area is 163 Å². The number of rotatable bonds is 7. The van der Waals surface area contributed by atoms with E-state index in [2.05, 4.69) is 16.0 Å². The highest BCUT2D eigenvalue weighted by Crippen LogP contribution is 2.28. The lowest BCUT2D eigenvalue weighted by Crippen LogP contribution is -2.47. The molecule has 144 valence electrons. The summed E-state index contributed by atoms with van der Waals surface area (Å²) in [6.07, 6.45) is 1.94. The highest BCUT2D eigenvalue weighted by Gasteiger charge is 2.32. The lowest BCUT2D eigenvalue weighted by Gasteiger charge is -2.37. The maximum absolute atomic E-state index is 12.6. The van der Waals surface area contributed by atoms with E-state index in [4.69, 9.17) is 4.74 Å². The van der Waals surface area contributed by atoms with Gasteiger partial charge < -0.3 is 20.7 Å². The maximum Gasteiger partial charge on any atom is 0.265 e. The molecule has 1 fully saturated rings. The first-order valence-corrected chi connectivity index (χ1v) is 9.93. The van der Waals surface area contributed by atoms with E-state index in [9.17, 15) is 9.59 Å². The Morgan fingerprint density at radius 3 is 2.70 bits per heavy atom. The molecule has 1 aromatic heterocycles. The fraction of sp³-hybridized carbons (Fsp3) is 0.400. The molecular formula is C20H25N3O3S. The molecule has 0 saturated carbocycles. The lowest BCUT2D eigenvalue weighted by molar-refractivity contribution is 0.0511. The normalized spacial score (nSPS) is 15.9. The largest absolute Gasteiger partial charge is 0.384 e. The van der Waals surface area contributed by atoms with E-state index in [-0.39, 0.29) is 17.2 Å². The molecular weight excluding hydrogens is 362 g/mol. The molecule has 2 heterocycles. The van der Waals surface area contributed by atoms with Crippen molar-refractivity contribution in [1.82, 2.24) is 10.6 Å². The van der Waals surface area contributed by atoms with Crippen LogP contribution in [0.1, 0.15) is 32.9 Å². The van der Waals surface area contributed by atoms with E-state index in [0.717, 1.165) is 25.9 Å². The fourth-order valence-corrected chi connectivity index (χ4v) is 3.96. The Hall–Kier alpha value is -2.22. The van der Waals surface area contributed by atoms with Gasteiger partial charge in [0.25, 0.3) is 11.8 Å². The van der Waals surface area contributed by atoms with Crippen LogP contribution in [0.25, 0.3) is 0 Å². The van der Waals surface area contributed by atoms with Gasteiger partial charge in [0.05, 0.1) is 11.5 Å². The number of hydrogen-bond donors (Lipinski definition) is 3. The van der Waals surface area contributed by atoms with Gasteiger partial charge in [0.15, 0.2) is 0 Å².